The van der Waals surface area contributed by atoms with E-state index in [1.807, 2.05) is 0 Å². The van der Waals surface area contributed by atoms with E-state index in [2.05, 4.69) is 19.9 Å². The standard InChI is InChI=1S/C30H46F2O2/c1-3-6-21-10-15-26(16-11-21)33-18-5-7-22-8-12-23(13-9-22)27-19-24-14-17-25(4-2)34-30(24)29(32)28(27)20-31/h19,21-23,25-26H,3-18,20H2,1-2H3. The molecule has 0 bridgehead atoms. The van der Waals surface area contributed by atoms with Crippen molar-refractivity contribution >= 4 is 0 Å². The van der Waals surface area contributed by atoms with Crippen LogP contribution in [0.2, 0.25) is 0 Å². The van der Waals surface area contributed by atoms with Crippen LogP contribution >= 0.6 is 0 Å². The van der Waals surface area contributed by atoms with Gasteiger partial charge >= 0.3 is 0 Å². The SMILES string of the molecule is CCCC1CCC(OCCCC2CCC(c3cc4c(c(F)c3CF)OC(CC)CC4)CC2)CC1. The second kappa shape index (κ2) is 12.7. The molecule has 2 nitrogen and oxygen atoms in total. The van der Waals surface area contributed by atoms with Crippen LogP contribution in [0.5, 0.6) is 5.75 Å². The third kappa shape index (κ3) is 6.33. The van der Waals surface area contributed by atoms with Gasteiger partial charge in [-0.2, -0.15) is 0 Å². The first-order chi connectivity index (χ1) is 16.6. The molecule has 3 aliphatic rings. The van der Waals surface area contributed by atoms with Crippen molar-refractivity contribution < 1.29 is 18.3 Å². The first-order valence-electron chi connectivity index (χ1n) is 14.3. The lowest BCUT2D eigenvalue weighted by Gasteiger charge is -2.32. The van der Waals surface area contributed by atoms with Crippen LogP contribution in [0.1, 0.15) is 126 Å². The smallest absolute Gasteiger partial charge is 0.171 e. The molecule has 1 aliphatic heterocycles. The van der Waals surface area contributed by atoms with Crippen molar-refractivity contribution in [1.82, 2.24) is 0 Å². The summed E-state index contributed by atoms with van der Waals surface area (Å²) in [4.78, 5) is 0. The number of hydrogen-bond donors (Lipinski definition) is 0. The average molecular weight is 477 g/mol. The fourth-order valence-corrected chi connectivity index (χ4v) is 6.77. The number of alkyl halides is 1. The van der Waals surface area contributed by atoms with Crippen molar-refractivity contribution in [3.05, 3.63) is 28.6 Å². The molecule has 2 saturated carbocycles. The van der Waals surface area contributed by atoms with Gasteiger partial charge in [0.15, 0.2) is 11.6 Å². The molecule has 0 saturated heterocycles. The zero-order valence-corrected chi connectivity index (χ0v) is 21.6. The lowest BCUT2D eigenvalue weighted by atomic mass is 9.75. The highest BCUT2D eigenvalue weighted by atomic mass is 19.1. The second-order valence-corrected chi connectivity index (χ2v) is 11.2. The largest absolute Gasteiger partial charge is 0.487 e. The van der Waals surface area contributed by atoms with Crippen LogP contribution in [0.15, 0.2) is 6.07 Å². The van der Waals surface area contributed by atoms with E-state index in [1.165, 1.54) is 44.9 Å². The molecule has 0 amide bonds. The van der Waals surface area contributed by atoms with Crippen LogP contribution in [-0.4, -0.2) is 18.8 Å². The van der Waals surface area contributed by atoms with Gasteiger partial charge in [-0.15, -0.1) is 0 Å². The summed E-state index contributed by atoms with van der Waals surface area (Å²) in [6, 6.07) is 2.08. The summed E-state index contributed by atoms with van der Waals surface area (Å²) >= 11 is 0. The predicted molar refractivity (Wildman–Crippen MR) is 135 cm³/mol. The first kappa shape index (κ1) is 25.9. The van der Waals surface area contributed by atoms with Crippen molar-refractivity contribution in [3.8, 4) is 5.75 Å². The Hall–Kier alpha value is -1.16. The summed E-state index contributed by atoms with van der Waals surface area (Å²) in [6.07, 6.45) is 17.8. The van der Waals surface area contributed by atoms with Gasteiger partial charge in [-0.3, -0.25) is 0 Å². The maximum Gasteiger partial charge on any atom is 0.171 e. The molecule has 4 heteroatoms. The van der Waals surface area contributed by atoms with Gasteiger partial charge in [0, 0.05) is 12.2 Å². The number of ether oxygens (including phenoxy) is 2. The summed E-state index contributed by atoms with van der Waals surface area (Å²) in [5.74, 6) is 1.82. The highest BCUT2D eigenvalue weighted by Gasteiger charge is 2.30. The molecular weight excluding hydrogens is 430 g/mol. The molecule has 0 aromatic heterocycles. The van der Waals surface area contributed by atoms with Crippen molar-refractivity contribution in [2.24, 2.45) is 11.8 Å². The van der Waals surface area contributed by atoms with Crippen LogP contribution in [-0.2, 0) is 17.8 Å². The van der Waals surface area contributed by atoms with E-state index in [-0.39, 0.29) is 17.6 Å². The van der Waals surface area contributed by atoms with Crippen molar-refractivity contribution in [3.63, 3.8) is 0 Å². The van der Waals surface area contributed by atoms with Gasteiger partial charge in [0.2, 0.25) is 0 Å². The number of benzene rings is 1. The fraction of sp³-hybridized carbons (Fsp3) is 0.800. The minimum Gasteiger partial charge on any atom is -0.487 e. The number of aryl methyl sites for hydroxylation is 1. The average Bonchev–Trinajstić information content (AvgIpc) is 2.88. The first-order valence-corrected chi connectivity index (χ1v) is 14.3. The highest BCUT2D eigenvalue weighted by Crippen LogP contribution is 2.43. The molecule has 1 heterocycles. The quantitative estimate of drug-likeness (QED) is 0.314. The van der Waals surface area contributed by atoms with Crippen LogP contribution in [0.4, 0.5) is 8.78 Å². The molecule has 192 valence electrons. The molecule has 1 atom stereocenters. The normalized spacial score (nSPS) is 29.5. The Bertz CT molecular complexity index is 764. The third-order valence-electron chi connectivity index (χ3n) is 8.93. The van der Waals surface area contributed by atoms with Crippen LogP contribution in [0.25, 0.3) is 0 Å². The molecule has 4 rings (SSSR count). The Balaban J connectivity index is 1.22. The minimum atomic E-state index is -0.744. The Kier molecular flexibility index (Phi) is 9.68. The molecule has 0 spiro atoms. The molecule has 2 aliphatic carbocycles. The van der Waals surface area contributed by atoms with Crippen molar-refractivity contribution in [2.75, 3.05) is 6.61 Å². The monoisotopic (exact) mass is 476 g/mol. The molecule has 0 radical (unpaired) electrons. The number of fused-ring (bicyclic) bond motifs is 1. The zero-order valence-electron chi connectivity index (χ0n) is 21.6. The Morgan fingerprint density at radius 2 is 1.65 bits per heavy atom. The van der Waals surface area contributed by atoms with Crippen LogP contribution in [0, 0.1) is 17.7 Å². The zero-order chi connectivity index (χ0) is 23.9. The van der Waals surface area contributed by atoms with Crippen LogP contribution < -0.4 is 4.74 Å². The predicted octanol–water partition coefficient (Wildman–Crippen LogP) is 8.83. The summed E-state index contributed by atoms with van der Waals surface area (Å²) in [5, 5.41) is 0. The molecule has 34 heavy (non-hydrogen) atoms. The van der Waals surface area contributed by atoms with E-state index in [0.29, 0.717) is 11.9 Å². The summed E-state index contributed by atoms with van der Waals surface area (Å²) in [5.41, 5.74) is 2.11. The molecule has 1 aromatic rings. The molecule has 0 N–H and O–H groups in total. The van der Waals surface area contributed by atoms with E-state index >= 15 is 4.39 Å². The van der Waals surface area contributed by atoms with Gasteiger partial charge in [-0.25, -0.2) is 8.78 Å². The van der Waals surface area contributed by atoms with Gasteiger partial charge in [0.1, 0.15) is 6.67 Å². The van der Waals surface area contributed by atoms with E-state index in [0.717, 1.165) is 80.9 Å². The Labute approximate surface area is 206 Å². The number of halogens is 2. The van der Waals surface area contributed by atoms with Crippen LogP contribution in [0.3, 0.4) is 0 Å². The Morgan fingerprint density at radius 3 is 2.32 bits per heavy atom. The molecule has 1 unspecified atom stereocenters. The maximum atomic E-state index is 15.2. The topological polar surface area (TPSA) is 18.5 Å². The summed E-state index contributed by atoms with van der Waals surface area (Å²) in [7, 11) is 0. The van der Waals surface area contributed by atoms with Crippen molar-refractivity contribution in [1.29, 1.82) is 0 Å². The van der Waals surface area contributed by atoms with Gasteiger partial charge in [-0.1, -0.05) is 32.8 Å². The van der Waals surface area contributed by atoms with Gasteiger partial charge in [-0.05, 0) is 112 Å². The van der Waals surface area contributed by atoms with Gasteiger partial charge < -0.3 is 9.47 Å². The van der Waals surface area contributed by atoms with E-state index in [9.17, 15) is 4.39 Å². The molecule has 1 aromatic carbocycles. The minimum absolute atomic E-state index is 0.0517. The fourth-order valence-electron chi connectivity index (χ4n) is 6.77. The Morgan fingerprint density at radius 1 is 0.941 bits per heavy atom. The highest BCUT2D eigenvalue weighted by molar-refractivity contribution is 5.47. The third-order valence-corrected chi connectivity index (χ3v) is 8.93. The van der Waals surface area contributed by atoms with Gasteiger partial charge in [0.05, 0.1) is 12.2 Å². The van der Waals surface area contributed by atoms with E-state index in [4.69, 9.17) is 9.47 Å². The number of rotatable bonds is 10. The summed E-state index contributed by atoms with van der Waals surface area (Å²) in [6.45, 7) is 4.49. The number of hydrogen-bond acceptors (Lipinski definition) is 2. The lowest BCUT2D eigenvalue weighted by Crippen LogP contribution is -2.24. The van der Waals surface area contributed by atoms with Gasteiger partial charge in [0.25, 0.3) is 0 Å². The lowest BCUT2D eigenvalue weighted by molar-refractivity contribution is 0.0135. The molecule has 2 fully saturated rings. The van der Waals surface area contributed by atoms with E-state index in [1.54, 1.807) is 0 Å². The molecular formula is C30H46F2O2. The second-order valence-electron chi connectivity index (χ2n) is 11.2. The van der Waals surface area contributed by atoms with E-state index < -0.39 is 12.5 Å². The van der Waals surface area contributed by atoms with Crippen molar-refractivity contribution in [2.45, 2.75) is 135 Å². The maximum absolute atomic E-state index is 15.2. The summed E-state index contributed by atoms with van der Waals surface area (Å²) < 4.78 is 41.2.